The maximum atomic E-state index is 13.3. The van der Waals surface area contributed by atoms with Crippen LogP contribution in [-0.4, -0.2) is 55.2 Å². The largest absolute Gasteiger partial charge is 0.338 e. The van der Waals surface area contributed by atoms with Crippen molar-refractivity contribution in [1.82, 2.24) is 9.21 Å². The Morgan fingerprint density at radius 2 is 1.43 bits per heavy atom. The smallest absolute Gasteiger partial charge is 0.243 e. The van der Waals surface area contributed by atoms with Crippen LogP contribution in [0.1, 0.15) is 47.9 Å². The van der Waals surface area contributed by atoms with E-state index < -0.39 is 15.6 Å². The van der Waals surface area contributed by atoms with Gasteiger partial charge in [-0.2, -0.15) is 4.31 Å². The van der Waals surface area contributed by atoms with Crippen molar-refractivity contribution in [3.05, 3.63) is 28.3 Å². The highest BCUT2D eigenvalue weighted by molar-refractivity contribution is 7.89. The monoisotopic (exact) mass is 429 g/mol. The summed E-state index contributed by atoms with van der Waals surface area (Å²) in [6.45, 7) is 9.06. The summed E-state index contributed by atoms with van der Waals surface area (Å²) in [4.78, 5) is 14.9. The summed E-state index contributed by atoms with van der Waals surface area (Å²) in [5.74, 6) is -0.0178. The molecule has 8 heteroatoms. The summed E-state index contributed by atoms with van der Waals surface area (Å²) in [7, 11) is -3.59. The van der Waals surface area contributed by atoms with Gasteiger partial charge in [0.25, 0.3) is 0 Å². The molecule has 1 saturated heterocycles. The molecule has 0 unspecified atom stereocenters. The number of hydrogen-bond acceptors (Lipinski definition) is 4. The summed E-state index contributed by atoms with van der Waals surface area (Å²) in [6, 6.07) is 2.03. The molecule has 158 valence electrons. The molecule has 3 rings (SSSR count). The molecule has 1 heterocycles. The number of halogens is 1. The highest BCUT2D eigenvalue weighted by Gasteiger charge is 2.41. The third-order valence-electron chi connectivity index (χ3n) is 6.34. The van der Waals surface area contributed by atoms with E-state index in [4.69, 9.17) is 5.73 Å². The minimum atomic E-state index is -3.59. The van der Waals surface area contributed by atoms with Crippen LogP contribution in [0.15, 0.2) is 11.0 Å². The molecule has 28 heavy (non-hydrogen) atoms. The van der Waals surface area contributed by atoms with Gasteiger partial charge < -0.3 is 10.6 Å². The van der Waals surface area contributed by atoms with Crippen molar-refractivity contribution in [2.24, 2.45) is 5.73 Å². The molecule has 0 atom stereocenters. The van der Waals surface area contributed by atoms with Crippen molar-refractivity contribution >= 4 is 28.3 Å². The van der Waals surface area contributed by atoms with Crippen molar-refractivity contribution in [2.75, 3.05) is 26.2 Å². The van der Waals surface area contributed by atoms with Gasteiger partial charge in [-0.1, -0.05) is 18.9 Å². The zero-order valence-corrected chi connectivity index (χ0v) is 18.9. The van der Waals surface area contributed by atoms with Crippen LogP contribution in [0.5, 0.6) is 0 Å². The predicted octanol–water partition coefficient (Wildman–Crippen LogP) is 2.45. The number of sulfonamides is 1. The van der Waals surface area contributed by atoms with E-state index in [2.05, 4.69) is 0 Å². The van der Waals surface area contributed by atoms with Gasteiger partial charge in [-0.25, -0.2) is 8.42 Å². The fraction of sp³-hybridized carbons (Fsp3) is 0.650. The van der Waals surface area contributed by atoms with Crippen LogP contribution in [-0.2, 0) is 14.8 Å². The van der Waals surface area contributed by atoms with E-state index in [1.807, 2.05) is 33.8 Å². The number of amides is 1. The molecule has 1 aromatic carbocycles. The van der Waals surface area contributed by atoms with Crippen LogP contribution >= 0.6 is 12.4 Å². The average Bonchev–Trinajstić information content (AvgIpc) is 3.07. The van der Waals surface area contributed by atoms with E-state index in [-0.39, 0.29) is 18.3 Å². The molecule has 0 spiro atoms. The Balaban J connectivity index is 0.00000280. The van der Waals surface area contributed by atoms with E-state index in [9.17, 15) is 13.2 Å². The minimum Gasteiger partial charge on any atom is -0.338 e. The molecular formula is C20H32ClN3O3S. The average molecular weight is 430 g/mol. The molecule has 0 bridgehead atoms. The van der Waals surface area contributed by atoms with Crippen LogP contribution in [0.2, 0.25) is 0 Å². The summed E-state index contributed by atoms with van der Waals surface area (Å²) in [5, 5.41) is 0. The zero-order valence-electron chi connectivity index (χ0n) is 17.2. The number of nitrogens with two attached hydrogens (primary N) is 1. The van der Waals surface area contributed by atoms with Gasteiger partial charge in [0.15, 0.2) is 0 Å². The predicted molar refractivity (Wildman–Crippen MR) is 113 cm³/mol. The van der Waals surface area contributed by atoms with Gasteiger partial charge in [-0.15, -0.1) is 12.4 Å². The highest BCUT2D eigenvalue weighted by Crippen LogP contribution is 2.31. The van der Waals surface area contributed by atoms with E-state index in [0.29, 0.717) is 31.1 Å². The molecule has 1 amide bonds. The first kappa shape index (κ1) is 23.1. The maximum Gasteiger partial charge on any atom is 0.243 e. The van der Waals surface area contributed by atoms with Crippen molar-refractivity contribution in [3.8, 4) is 0 Å². The van der Waals surface area contributed by atoms with E-state index in [0.717, 1.165) is 47.9 Å². The Hall–Kier alpha value is -1.15. The lowest BCUT2D eigenvalue weighted by Crippen LogP contribution is -2.59. The lowest BCUT2D eigenvalue weighted by Gasteiger charge is -2.38. The Bertz CT molecular complexity index is 830. The molecule has 0 aromatic heterocycles. The second kappa shape index (κ2) is 8.30. The first-order valence-corrected chi connectivity index (χ1v) is 11.2. The van der Waals surface area contributed by atoms with Crippen molar-refractivity contribution in [2.45, 2.75) is 63.8 Å². The fourth-order valence-electron chi connectivity index (χ4n) is 4.36. The summed E-state index contributed by atoms with van der Waals surface area (Å²) in [5.41, 5.74) is 9.13. The molecule has 6 nitrogen and oxygen atoms in total. The Labute approximate surface area is 174 Å². The number of hydrogen-bond donors (Lipinski definition) is 1. The van der Waals surface area contributed by atoms with Crippen molar-refractivity contribution in [1.29, 1.82) is 0 Å². The van der Waals surface area contributed by atoms with E-state index in [1.54, 1.807) is 4.90 Å². The summed E-state index contributed by atoms with van der Waals surface area (Å²) in [6.07, 6.45) is 3.43. The molecule has 1 aliphatic heterocycles. The van der Waals surface area contributed by atoms with Gasteiger partial charge in [0.1, 0.15) is 0 Å². The lowest BCUT2D eigenvalue weighted by atomic mass is 9.97. The third kappa shape index (κ3) is 3.95. The summed E-state index contributed by atoms with van der Waals surface area (Å²) < 4.78 is 28.2. The first-order chi connectivity index (χ1) is 12.6. The van der Waals surface area contributed by atoms with Gasteiger partial charge in [0.2, 0.25) is 15.9 Å². The molecule has 1 aliphatic carbocycles. The number of carbonyl (C=O) groups is 1. The topological polar surface area (TPSA) is 83.7 Å². The quantitative estimate of drug-likeness (QED) is 0.799. The zero-order chi connectivity index (χ0) is 20.0. The number of rotatable bonds is 3. The number of piperazine rings is 1. The van der Waals surface area contributed by atoms with Gasteiger partial charge in [-0.3, -0.25) is 4.79 Å². The van der Waals surface area contributed by atoms with Gasteiger partial charge in [0.05, 0.1) is 10.4 Å². The van der Waals surface area contributed by atoms with Crippen molar-refractivity contribution < 1.29 is 13.2 Å². The summed E-state index contributed by atoms with van der Waals surface area (Å²) >= 11 is 0. The standard InChI is InChI=1S/C20H31N3O3S.ClH/c1-14-13-15(2)17(4)18(16(14)3)27(25,26)23-11-9-22(10-12-23)19(24)20(21)7-5-6-8-20;/h13H,5-12,21H2,1-4H3;1H. The fourth-order valence-corrected chi connectivity index (χ4v) is 6.36. The molecule has 2 aliphatic rings. The molecule has 2 N–H and O–H groups in total. The van der Waals surface area contributed by atoms with Gasteiger partial charge in [0, 0.05) is 26.2 Å². The van der Waals surface area contributed by atoms with Crippen LogP contribution in [0.3, 0.4) is 0 Å². The van der Waals surface area contributed by atoms with Crippen molar-refractivity contribution in [3.63, 3.8) is 0 Å². The molecule has 0 radical (unpaired) electrons. The van der Waals surface area contributed by atoms with Crippen LogP contribution < -0.4 is 5.73 Å². The number of benzene rings is 1. The van der Waals surface area contributed by atoms with E-state index >= 15 is 0 Å². The highest BCUT2D eigenvalue weighted by atomic mass is 35.5. The second-order valence-electron chi connectivity index (χ2n) is 8.15. The van der Waals surface area contributed by atoms with Crippen LogP contribution in [0.25, 0.3) is 0 Å². The Kier molecular flexibility index (Phi) is 6.86. The normalized spacial score (nSPS) is 20.1. The molecular weight excluding hydrogens is 398 g/mol. The molecule has 1 aromatic rings. The van der Waals surface area contributed by atoms with E-state index in [1.165, 1.54) is 4.31 Å². The maximum absolute atomic E-state index is 13.3. The van der Waals surface area contributed by atoms with Gasteiger partial charge in [-0.05, 0) is 62.8 Å². The van der Waals surface area contributed by atoms with Crippen LogP contribution in [0, 0.1) is 27.7 Å². The lowest BCUT2D eigenvalue weighted by molar-refractivity contribution is -0.138. The third-order valence-corrected chi connectivity index (χ3v) is 8.52. The molecule has 2 fully saturated rings. The van der Waals surface area contributed by atoms with Gasteiger partial charge >= 0.3 is 0 Å². The first-order valence-electron chi connectivity index (χ1n) is 9.74. The van der Waals surface area contributed by atoms with Crippen LogP contribution in [0.4, 0.5) is 0 Å². The second-order valence-corrected chi connectivity index (χ2v) is 10.0. The molecule has 1 saturated carbocycles. The number of nitrogens with zero attached hydrogens (tertiary/aromatic N) is 2. The minimum absolute atomic E-state index is 0. The SMILES string of the molecule is Cc1cc(C)c(C)c(S(=O)(=O)N2CCN(C(=O)C3(N)CCCC3)CC2)c1C.Cl. The Morgan fingerprint density at radius 1 is 0.964 bits per heavy atom. The number of aryl methyl sites for hydroxylation is 2. The Morgan fingerprint density at radius 3 is 1.89 bits per heavy atom. The number of carbonyl (C=O) groups excluding carboxylic acids is 1.